The third-order valence-electron chi connectivity index (χ3n) is 2.61. The smallest absolute Gasteiger partial charge is 0.243 e. The van der Waals surface area contributed by atoms with Crippen LogP contribution < -0.4 is 4.72 Å². The standard InChI is InChI=1S/C12H23N3O3S/c1-12(2,3)11-10(9-15(4)14-11)19(16,17)13-7-6-8-18-5/h9,13H,6-8H2,1-5H3. The molecule has 1 N–H and O–H groups in total. The lowest BCUT2D eigenvalue weighted by Gasteiger charge is -2.17. The number of nitrogens with zero attached hydrogens (tertiary/aromatic N) is 2. The van der Waals surface area contributed by atoms with E-state index in [9.17, 15) is 8.42 Å². The van der Waals surface area contributed by atoms with Crippen LogP contribution in [0.4, 0.5) is 0 Å². The van der Waals surface area contributed by atoms with Crippen molar-refractivity contribution in [1.29, 1.82) is 0 Å². The number of methoxy groups -OCH3 is 1. The van der Waals surface area contributed by atoms with E-state index in [0.717, 1.165) is 0 Å². The highest BCUT2D eigenvalue weighted by atomic mass is 32.2. The van der Waals surface area contributed by atoms with E-state index in [1.54, 1.807) is 20.4 Å². The van der Waals surface area contributed by atoms with E-state index in [1.165, 1.54) is 4.68 Å². The lowest BCUT2D eigenvalue weighted by Crippen LogP contribution is -2.28. The lowest BCUT2D eigenvalue weighted by atomic mass is 9.92. The van der Waals surface area contributed by atoms with Gasteiger partial charge >= 0.3 is 0 Å². The van der Waals surface area contributed by atoms with E-state index in [0.29, 0.717) is 25.3 Å². The van der Waals surface area contributed by atoms with Crippen molar-refractivity contribution >= 4 is 10.0 Å². The molecular formula is C12H23N3O3S. The first-order valence-corrected chi connectivity index (χ1v) is 7.69. The van der Waals surface area contributed by atoms with Gasteiger partial charge in [-0.2, -0.15) is 5.10 Å². The van der Waals surface area contributed by atoms with Gasteiger partial charge in [-0.3, -0.25) is 4.68 Å². The molecule has 6 nitrogen and oxygen atoms in total. The Bertz CT molecular complexity index is 515. The average molecular weight is 289 g/mol. The highest BCUT2D eigenvalue weighted by Crippen LogP contribution is 2.27. The molecule has 0 aliphatic heterocycles. The van der Waals surface area contributed by atoms with Gasteiger partial charge in [-0.1, -0.05) is 20.8 Å². The molecule has 7 heteroatoms. The molecule has 0 atom stereocenters. The van der Waals surface area contributed by atoms with Crippen molar-refractivity contribution in [2.45, 2.75) is 37.5 Å². The molecule has 1 rings (SSSR count). The van der Waals surface area contributed by atoms with Gasteiger partial charge in [0.2, 0.25) is 10.0 Å². The molecule has 1 aromatic heterocycles. The van der Waals surface area contributed by atoms with Crippen molar-refractivity contribution in [2.75, 3.05) is 20.3 Å². The van der Waals surface area contributed by atoms with Crippen molar-refractivity contribution < 1.29 is 13.2 Å². The highest BCUT2D eigenvalue weighted by molar-refractivity contribution is 7.89. The largest absolute Gasteiger partial charge is 0.385 e. The second-order valence-electron chi connectivity index (χ2n) is 5.51. The molecule has 0 saturated heterocycles. The van der Waals surface area contributed by atoms with Gasteiger partial charge in [0, 0.05) is 38.9 Å². The molecule has 0 aliphatic carbocycles. The Labute approximate surface area is 115 Å². The predicted molar refractivity (Wildman–Crippen MR) is 73.6 cm³/mol. The van der Waals surface area contributed by atoms with E-state index in [2.05, 4.69) is 9.82 Å². The molecule has 1 aromatic rings. The van der Waals surface area contributed by atoms with Crippen LogP contribution in [0.5, 0.6) is 0 Å². The number of aryl methyl sites for hydroxylation is 1. The SMILES string of the molecule is COCCCNS(=O)(=O)c1cn(C)nc1C(C)(C)C. The molecule has 110 valence electrons. The molecule has 0 aliphatic rings. The van der Waals surface area contributed by atoms with Gasteiger partial charge in [-0.15, -0.1) is 0 Å². The maximum atomic E-state index is 12.3. The minimum atomic E-state index is -3.52. The Kier molecular flexibility index (Phi) is 5.11. The number of hydrogen-bond donors (Lipinski definition) is 1. The zero-order chi connectivity index (χ0) is 14.7. The van der Waals surface area contributed by atoms with Crippen molar-refractivity contribution in [1.82, 2.24) is 14.5 Å². The van der Waals surface area contributed by atoms with Gasteiger partial charge in [-0.25, -0.2) is 13.1 Å². The summed E-state index contributed by atoms with van der Waals surface area (Å²) in [7, 11) is -0.211. The summed E-state index contributed by atoms with van der Waals surface area (Å²) in [5.74, 6) is 0. The summed E-state index contributed by atoms with van der Waals surface area (Å²) in [5.41, 5.74) is 0.256. The molecule has 0 aromatic carbocycles. The molecule has 0 spiro atoms. The Balaban J connectivity index is 2.95. The van der Waals surface area contributed by atoms with Gasteiger partial charge in [0.25, 0.3) is 0 Å². The van der Waals surface area contributed by atoms with Crippen LogP contribution in [0.25, 0.3) is 0 Å². The van der Waals surface area contributed by atoms with Crippen LogP contribution in [0.2, 0.25) is 0 Å². The van der Waals surface area contributed by atoms with Crippen LogP contribution in [-0.2, 0) is 27.2 Å². The van der Waals surface area contributed by atoms with E-state index in [-0.39, 0.29) is 10.3 Å². The van der Waals surface area contributed by atoms with Crippen LogP contribution in [0.3, 0.4) is 0 Å². The monoisotopic (exact) mass is 289 g/mol. The second kappa shape index (κ2) is 6.02. The topological polar surface area (TPSA) is 73.2 Å². The first-order valence-electron chi connectivity index (χ1n) is 6.21. The van der Waals surface area contributed by atoms with Crippen molar-refractivity contribution in [3.05, 3.63) is 11.9 Å². The van der Waals surface area contributed by atoms with E-state index in [4.69, 9.17) is 4.74 Å². The van der Waals surface area contributed by atoms with Gasteiger partial charge in [-0.05, 0) is 6.42 Å². The fourth-order valence-electron chi connectivity index (χ4n) is 1.68. The fourth-order valence-corrected chi connectivity index (χ4v) is 3.15. The highest BCUT2D eigenvalue weighted by Gasteiger charge is 2.29. The molecule has 0 radical (unpaired) electrons. The summed E-state index contributed by atoms with van der Waals surface area (Å²) >= 11 is 0. The molecule has 1 heterocycles. The normalized spacial score (nSPS) is 12.9. The van der Waals surface area contributed by atoms with E-state index in [1.807, 2.05) is 20.8 Å². The number of ether oxygens (including phenoxy) is 1. The summed E-state index contributed by atoms with van der Waals surface area (Å²) in [6.07, 6.45) is 2.18. The van der Waals surface area contributed by atoms with Crippen molar-refractivity contribution in [3.63, 3.8) is 0 Å². The molecule has 19 heavy (non-hydrogen) atoms. The van der Waals surface area contributed by atoms with Crippen LogP contribution in [0.1, 0.15) is 32.9 Å². The summed E-state index contributed by atoms with van der Waals surface area (Å²) in [5, 5.41) is 4.27. The van der Waals surface area contributed by atoms with Crippen LogP contribution >= 0.6 is 0 Å². The predicted octanol–water partition coefficient (Wildman–Crippen LogP) is 1.03. The first kappa shape index (κ1) is 16.1. The summed E-state index contributed by atoms with van der Waals surface area (Å²) in [4.78, 5) is 0.250. The molecule has 0 unspecified atom stereocenters. The third-order valence-corrected chi connectivity index (χ3v) is 4.07. The van der Waals surface area contributed by atoms with Crippen LogP contribution in [0, 0.1) is 0 Å². The third kappa shape index (κ3) is 4.29. The number of rotatable bonds is 6. The van der Waals surface area contributed by atoms with E-state index >= 15 is 0 Å². The Morgan fingerprint density at radius 2 is 2.05 bits per heavy atom. The maximum absolute atomic E-state index is 12.3. The summed E-state index contributed by atoms with van der Waals surface area (Å²) in [6.45, 7) is 6.72. The fraction of sp³-hybridized carbons (Fsp3) is 0.750. The Morgan fingerprint density at radius 3 is 2.58 bits per heavy atom. The van der Waals surface area contributed by atoms with Gasteiger partial charge in [0.05, 0.1) is 5.69 Å². The van der Waals surface area contributed by atoms with Crippen LogP contribution in [0.15, 0.2) is 11.1 Å². The van der Waals surface area contributed by atoms with Crippen LogP contribution in [-0.4, -0.2) is 38.5 Å². The second-order valence-corrected chi connectivity index (χ2v) is 7.25. The maximum Gasteiger partial charge on any atom is 0.243 e. The number of hydrogen-bond acceptors (Lipinski definition) is 4. The van der Waals surface area contributed by atoms with E-state index < -0.39 is 10.0 Å². The summed E-state index contributed by atoms with van der Waals surface area (Å²) in [6, 6.07) is 0. The lowest BCUT2D eigenvalue weighted by molar-refractivity contribution is 0.196. The quantitative estimate of drug-likeness (QED) is 0.794. The molecule has 0 saturated carbocycles. The molecule has 0 amide bonds. The first-order chi connectivity index (χ1) is 8.68. The zero-order valence-corrected chi connectivity index (χ0v) is 13.0. The minimum Gasteiger partial charge on any atom is -0.385 e. The zero-order valence-electron chi connectivity index (χ0n) is 12.2. The Morgan fingerprint density at radius 1 is 1.42 bits per heavy atom. The van der Waals surface area contributed by atoms with Crippen molar-refractivity contribution in [3.8, 4) is 0 Å². The van der Waals surface area contributed by atoms with Gasteiger partial charge in [0.1, 0.15) is 4.90 Å². The summed E-state index contributed by atoms with van der Waals surface area (Å²) < 4.78 is 33.5. The number of sulfonamides is 1. The average Bonchev–Trinajstić information content (AvgIpc) is 2.67. The Hall–Kier alpha value is -0.920. The minimum absolute atomic E-state index is 0.250. The number of aromatic nitrogens is 2. The van der Waals surface area contributed by atoms with Gasteiger partial charge in [0.15, 0.2) is 0 Å². The molecular weight excluding hydrogens is 266 g/mol. The number of nitrogens with one attached hydrogen (secondary N) is 1. The van der Waals surface area contributed by atoms with Gasteiger partial charge < -0.3 is 4.74 Å². The molecule has 0 fully saturated rings. The van der Waals surface area contributed by atoms with Crippen molar-refractivity contribution in [2.24, 2.45) is 7.05 Å². The molecule has 0 bridgehead atoms.